The molecule has 0 aliphatic carbocycles. The van der Waals surface area contributed by atoms with Gasteiger partial charge in [-0.3, -0.25) is 4.79 Å². The second-order valence-corrected chi connectivity index (χ2v) is 16.5. The Labute approximate surface area is 209 Å². The number of allylic oxidation sites excluding steroid dienone is 1. The van der Waals surface area contributed by atoms with Crippen LogP contribution in [0.1, 0.15) is 80.4 Å². The minimum Gasteiger partial charge on any atom is -0.493 e. The molecule has 1 aromatic carbocycles. The van der Waals surface area contributed by atoms with E-state index in [0.29, 0.717) is 34.5 Å². The number of hydrogen-bond donors (Lipinski definition) is 0. The Morgan fingerprint density at radius 3 is 1.91 bits per heavy atom. The normalized spacial score (nSPS) is 14.3. The molecule has 5 nitrogen and oxygen atoms in total. The lowest BCUT2D eigenvalue weighted by atomic mass is 9.92. The highest BCUT2D eigenvalue weighted by atomic mass is 28.4. The summed E-state index contributed by atoms with van der Waals surface area (Å²) in [7, 11) is 1.01. The number of rotatable bonds is 13. The van der Waals surface area contributed by atoms with Crippen LogP contribution < -0.4 is 9.47 Å². The quantitative estimate of drug-likeness (QED) is 0.160. The summed E-state index contributed by atoms with van der Waals surface area (Å²) in [5, 5.41) is 0. The number of esters is 1. The van der Waals surface area contributed by atoms with E-state index in [-0.39, 0.29) is 24.6 Å². The van der Waals surface area contributed by atoms with Crippen LogP contribution in [0.5, 0.6) is 11.5 Å². The minimum atomic E-state index is -2.25. The second-order valence-electron chi connectivity index (χ2n) is 11.1. The van der Waals surface area contributed by atoms with Gasteiger partial charge in [0.2, 0.25) is 8.32 Å². The molecule has 0 spiro atoms. The van der Waals surface area contributed by atoms with Gasteiger partial charge < -0.3 is 18.6 Å². The minimum absolute atomic E-state index is 0.0787. The number of methoxy groups -OCH3 is 2. The predicted molar refractivity (Wildman–Crippen MR) is 143 cm³/mol. The molecule has 0 amide bonds. The molecule has 0 saturated heterocycles. The molecular weight excluding hydrogens is 444 g/mol. The van der Waals surface area contributed by atoms with Crippen molar-refractivity contribution < 1.29 is 23.4 Å². The molecule has 0 heterocycles. The monoisotopic (exact) mass is 492 g/mol. The van der Waals surface area contributed by atoms with Gasteiger partial charge >= 0.3 is 5.97 Å². The summed E-state index contributed by atoms with van der Waals surface area (Å²) in [5.41, 5.74) is 1.67. The third-order valence-corrected chi connectivity index (χ3v) is 12.8. The summed E-state index contributed by atoms with van der Waals surface area (Å²) in [6.07, 6.45) is 2.27. The van der Waals surface area contributed by atoms with E-state index < -0.39 is 13.7 Å². The van der Waals surface area contributed by atoms with Crippen molar-refractivity contribution >= 4 is 14.3 Å². The fraction of sp³-hybridized carbons (Fsp3) is 0.679. The Hall–Kier alpha value is -1.79. The smallest absolute Gasteiger partial charge is 0.311 e. The average molecular weight is 493 g/mol. The van der Waals surface area contributed by atoms with E-state index in [1.54, 1.807) is 14.2 Å². The van der Waals surface area contributed by atoms with E-state index in [1.165, 1.54) is 0 Å². The third-order valence-electron chi connectivity index (χ3n) is 6.71. The molecule has 0 aliphatic heterocycles. The zero-order valence-electron chi connectivity index (χ0n) is 23.4. The fourth-order valence-electron chi connectivity index (χ4n) is 4.99. The van der Waals surface area contributed by atoms with E-state index in [1.807, 2.05) is 45.0 Å². The molecular formula is C28H48O5Si. The van der Waals surface area contributed by atoms with E-state index >= 15 is 0 Å². The van der Waals surface area contributed by atoms with Crippen molar-refractivity contribution in [2.24, 2.45) is 11.3 Å². The van der Waals surface area contributed by atoms with Crippen LogP contribution in [0.15, 0.2) is 30.9 Å². The molecule has 0 saturated carbocycles. The van der Waals surface area contributed by atoms with Crippen molar-refractivity contribution in [3.05, 3.63) is 36.4 Å². The molecule has 2 atom stereocenters. The van der Waals surface area contributed by atoms with Gasteiger partial charge in [-0.05, 0) is 61.5 Å². The summed E-state index contributed by atoms with van der Waals surface area (Å²) in [4.78, 5) is 12.6. The maximum absolute atomic E-state index is 12.6. The van der Waals surface area contributed by atoms with Crippen LogP contribution in [-0.4, -0.2) is 35.1 Å². The highest BCUT2D eigenvalue weighted by molar-refractivity contribution is 6.77. The van der Waals surface area contributed by atoms with Gasteiger partial charge in [-0.2, -0.15) is 0 Å². The largest absolute Gasteiger partial charge is 0.493 e. The standard InChI is InChI=1S/C28H48O5Si/c1-13-14-23(18-32-27(29)28(8,9)10)26(22-15-16-24(30-11)25(17-22)31-12)33-34(19(2)3,20(4)5)21(6)7/h13,15-17,19-21,23,26H,1,14,18H2,2-12H3/t23-,26+/m0/s1. The van der Waals surface area contributed by atoms with Crippen molar-refractivity contribution in [1.29, 1.82) is 0 Å². The lowest BCUT2D eigenvalue weighted by Gasteiger charge is -2.46. The summed E-state index contributed by atoms with van der Waals surface area (Å²) in [6, 6.07) is 5.94. The van der Waals surface area contributed by atoms with Gasteiger partial charge in [0.15, 0.2) is 11.5 Å². The number of ether oxygens (including phenoxy) is 3. The number of benzene rings is 1. The van der Waals surface area contributed by atoms with Crippen LogP contribution in [0.4, 0.5) is 0 Å². The van der Waals surface area contributed by atoms with Crippen LogP contribution in [0.2, 0.25) is 16.6 Å². The highest BCUT2D eigenvalue weighted by Crippen LogP contribution is 2.48. The molecule has 0 aliphatic rings. The Kier molecular flexibility index (Phi) is 11.4. The maximum Gasteiger partial charge on any atom is 0.311 e. The van der Waals surface area contributed by atoms with Gasteiger partial charge in [0.25, 0.3) is 0 Å². The molecule has 194 valence electrons. The van der Waals surface area contributed by atoms with E-state index in [4.69, 9.17) is 18.6 Å². The first kappa shape index (κ1) is 30.2. The van der Waals surface area contributed by atoms with Crippen LogP contribution in [0.25, 0.3) is 0 Å². The molecule has 1 rings (SSSR count). The molecule has 6 heteroatoms. The van der Waals surface area contributed by atoms with Crippen LogP contribution in [-0.2, 0) is 14.0 Å². The molecule has 1 aromatic rings. The highest BCUT2D eigenvalue weighted by Gasteiger charge is 2.48. The van der Waals surface area contributed by atoms with Crippen molar-refractivity contribution in [2.75, 3.05) is 20.8 Å². The lowest BCUT2D eigenvalue weighted by molar-refractivity contribution is -0.155. The molecule has 0 aromatic heterocycles. The van der Waals surface area contributed by atoms with Crippen LogP contribution >= 0.6 is 0 Å². The Bertz CT molecular complexity index is 773. The summed E-state index contributed by atoms with van der Waals surface area (Å²) in [6.45, 7) is 23.5. The van der Waals surface area contributed by atoms with Crippen molar-refractivity contribution in [3.63, 3.8) is 0 Å². The first-order valence-electron chi connectivity index (χ1n) is 12.4. The zero-order chi connectivity index (χ0) is 26.3. The first-order valence-corrected chi connectivity index (χ1v) is 14.6. The predicted octanol–water partition coefficient (Wildman–Crippen LogP) is 7.72. The summed E-state index contributed by atoms with van der Waals surface area (Å²) < 4.78 is 24.2. The Balaban J connectivity index is 3.62. The van der Waals surface area contributed by atoms with Crippen molar-refractivity contribution in [2.45, 2.75) is 91.5 Å². The Morgan fingerprint density at radius 2 is 1.50 bits per heavy atom. The average Bonchev–Trinajstić information content (AvgIpc) is 2.75. The molecule has 0 N–H and O–H groups in total. The molecule has 0 radical (unpaired) electrons. The third kappa shape index (κ3) is 7.11. The SMILES string of the molecule is C=CC[C@@H](COC(=O)C(C)(C)C)[C@H](O[Si](C(C)C)(C(C)C)C(C)C)c1ccc(OC)c(OC)c1. The maximum atomic E-state index is 12.6. The van der Waals surface area contributed by atoms with Gasteiger partial charge in [0.1, 0.15) is 0 Å². The summed E-state index contributed by atoms with van der Waals surface area (Å²) in [5.74, 6) is 1.03. The summed E-state index contributed by atoms with van der Waals surface area (Å²) >= 11 is 0. The number of hydrogen-bond acceptors (Lipinski definition) is 5. The molecule has 34 heavy (non-hydrogen) atoms. The molecule has 0 fully saturated rings. The second kappa shape index (κ2) is 12.8. The lowest BCUT2D eigenvalue weighted by Crippen LogP contribution is -2.49. The molecule has 0 unspecified atom stereocenters. The number of carbonyl (C=O) groups is 1. The first-order chi connectivity index (χ1) is 15.8. The van der Waals surface area contributed by atoms with E-state index in [2.05, 4.69) is 48.1 Å². The van der Waals surface area contributed by atoms with Gasteiger partial charge in [0, 0.05) is 5.92 Å². The van der Waals surface area contributed by atoms with Gasteiger partial charge in [0.05, 0.1) is 32.3 Å². The van der Waals surface area contributed by atoms with Crippen molar-refractivity contribution in [1.82, 2.24) is 0 Å². The van der Waals surface area contributed by atoms with E-state index in [0.717, 1.165) is 5.56 Å². The van der Waals surface area contributed by atoms with Gasteiger partial charge in [-0.1, -0.05) is 53.7 Å². The Morgan fingerprint density at radius 1 is 0.971 bits per heavy atom. The zero-order valence-corrected chi connectivity index (χ0v) is 24.4. The van der Waals surface area contributed by atoms with E-state index in [9.17, 15) is 4.79 Å². The molecule has 0 bridgehead atoms. The topological polar surface area (TPSA) is 54.0 Å². The number of carbonyl (C=O) groups excluding carboxylic acids is 1. The fourth-order valence-corrected chi connectivity index (χ4v) is 10.6. The van der Waals surface area contributed by atoms with Crippen molar-refractivity contribution in [3.8, 4) is 11.5 Å². The van der Waals surface area contributed by atoms with Crippen LogP contribution in [0, 0.1) is 11.3 Å². The van der Waals surface area contributed by atoms with Crippen LogP contribution in [0.3, 0.4) is 0 Å². The van der Waals surface area contributed by atoms with Gasteiger partial charge in [-0.25, -0.2) is 0 Å². The van der Waals surface area contributed by atoms with Gasteiger partial charge in [-0.15, -0.1) is 6.58 Å².